The second-order valence-electron chi connectivity index (χ2n) is 5.50. The van der Waals surface area contributed by atoms with Crippen LogP contribution in [0, 0.1) is 5.92 Å². The molecule has 20 heavy (non-hydrogen) atoms. The number of fused-ring (bicyclic) bond motifs is 1. The van der Waals surface area contributed by atoms with Gasteiger partial charge in [0.1, 0.15) is 0 Å². The highest BCUT2D eigenvalue weighted by molar-refractivity contribution is 5.99. The monoisotopic (exact) mass is 284 g/mol. The highest BCUT2D eigenvalue weighted by Crippen LogP contribution is 2.38. The molecule has 1 unspecified atom stereocenters. The van der Waals surface area contributed by atoms with Crippen molar-refractivity contribution in [2.24, 2.45) is 5.92 Å². The van der Waals surface area contributed by atoms with E-state index in [1.165, 1.54) is 6.07 Å². The van der Waals surface area contributed by atoms with Gasteiger partial charge in [0, 0.05) is 11.5 Å². The Morgan fingerprint density at radius 2 is 1.80 bits per heavy atom. The summed E-state index contributed by atoms with van der Waals surface area (Å²) in [6, 6.07) is 2.46. The predicted molar refractivity (Wildman–Crippen MR) is 71.9 cm³/mol. The van der Waals surface area contributed by atoms with Crippen LogP contribution in [0.3, 0.4) is 0 Å². The maximum Gasteiger partial charge on any atom is 0.416 e. The smallest absolute Gasteiger partial charge is 0.294 e. The minimum absolute atomic E-state index is 0.0284. The molecule has 2 rings (SSSR count). The number of carbonyl (C=O) groups is 1. The van der Waals surface area contributed by atoms with E-state index < -0.39 is 11.7 Å². The van der Waals surface area contributed by atoms with E-state index in [9.17, 15) is 18.0 Å². The average Bonchev–Trinajstić information content (AvgIpc) is 2.43. The van der Waals surface area contributed by atoms with Crippen LogP contribution in [0.1, 0.15) is 60.2 Å². The first kappa shape index (κ1) is 15.1. The molecule has 110 valence electrons. The highest BCUT2D eigenvalue weighted by Gasteiger charge is 2.36. The van der Waals surface area contributed by atoms with Gasteiger partial charge in [-0.2, -0.15) is 13.2 Å². The molecule has 0 aromatic heterocycles. The van der Waals surface area contributed by atoms with Gasteiger partial charge in [0.15, 0.2) is 5.78 Å². The molecule has 0 spiro atoms. The number of rotatable bonds is 3. The van der Waals surface area contributed by atoms with Crippen molar-refractivity contribution < 1.29 is 18.0 Å². The van der Waals surface area contributed by atoms with Crippen LogP contribution in [0.25, 0.3) is 0 Å². The number of benzene rings is 1. The fourth-order valence-corrected chi connectivity index (χ4v) is 2.81. The Hall–Kier alpha value is -1.32. The molecule has 1 atom stereocenters. The molecule has 1 aliphatic carbocycles. The summed E-state index contributed by atoms with van der Waals surface area (Å²) in [4.78, 5) is 12.3. The lowest BCUT2D eigenvalue weighted by atomic mass is 9.82. The first-order valence-electron chi connectivity index (χ1n) is 7.12. The van der Waals surface area contributed by atoms with Crippen LogP contribution >= 0.6 is 0 Å². The Labute approximate surface area is 117 Å². The van der Waals surface area contributed by atoms with E-state index in [-0.39, 0.29) is 11.7 Å². The fourth-order valence-electron chi connectivity index (χ4n) is 2.81. The Balaban J connectivity index is 2.54. The molecule has 0 amide bonds. The number of hydrogen-bond donors (Lipinski definition) is 0. The summed E-state index contributed by atoms with van der Waals surface area (Å²) in [6.45, 7) is 3.74. The molecule has 1 nitrogen and oxygen atoms in total. The molecule has 0 aliphatic heterocycles. The lowest BCUT2D eigenvalue weighted by molar-refractivity contribution is -0.138. The Morgan fingerprint density at radius 1 is 1.20 bits per heavy atom. The molecule has 0 fully saturated rings. The van der Waals surface area contributed by atoms with Crippen LogP contribution in [-0.4, -0.2) is 5.78 Å². The van der Waals surface area contributed by atoms with Crippen molar-refractivity contribution in [2.45, 2.75) is 52.1 Å². The molecule has 0 bridgehead atoms. The van der Waals surface area contributed by atoms with Crippen molar-refractivity contribution in [2.75, 3.05) is 0 Å². The summed E-state index contributed by atoms with van der Waals surface area (Å²) in [5.74, 6) is -0.169. The molecule has 0 N–H and O–H groups in total. The molecule has 1 aromatic rings. The minimum atomic E-state index is -4.33. The zero-order valence-electron chi connectivity index (χ0n) is 11.8. The first-order chi connectivity index (χ1) is 9.36. The molecule has 1 aliphatic rings. The summed E-state index contributed by atoms with van der Waals surface area (Å²) in [6.07, 6.45) is -1.01. The van der Waals surface area contributed by atoms with Gasteiger partial charge in [-0.05, 0) is 49.3 Å². The van der Waals surface area contributed by atoms with E-state index >= 15 is 0 Å². The molecule has 0 heterocycles. The fraction of sp³-hybridized carbons (Fsp3) is 0.562. The van der Waals surface area contributed by atoms with Crippen LogP contribution in [0.15, 0.2) is 12.1 Å². The largest absolute Gasteiger partial charge is 0.416 e. The first-order valence-corrected chi connectivity index (χ1v) is 7.12. The molecular formula is C16H19F3O. The van der Waals surface area contributed by atoms with Gasteiger partial charge in [-0.25, -0.2) is 0 Å². The van der Waals surface area contributed by atoms with E-state index in [2.05, 4.69) is 0 Å². The van der Waals surface area contributed by atoms with Gasteiger partial charge in [0.05, 0.1) is 5.56 Å². The molecular weight excluding hydrogens is 265 g/mol. The number of carbonyl (C=O) groups excluding carboxylic acids is 1. The quantitative estimate of drug-likeness (QED) is 0.728. The van der Waals surface area contributed by atoms with E-state index in [0.717, 1.165) is 18.9 Å². The maximum atomic E-state index is 13.0. The Bertz CT molecular complexity index is 517. The van der Waals surface area contributed by atoms with Gasteiger partial charge in [0.25, 0.3) is 0 Å². The maximum absolute atomic E-state index is 13.0. The number of hydrogen-bond acceptors (Lipinski definition) is 1. The zero-order valence-corrected chi connectivity index (χ0v) is 11.8. The normalized spacial score (nSPS) is 16.6. The van der Waals surface area contributed by atoms with Crippen LogP contribution in [0.2, 0.25) is 0 Å². The van der Waals surface area contributed by atoms with E-state index in [4.69, 9.17) is 0 Å². The number of Topliss-reactive ketones (excluding diaryl/α,β-unsaturated/α-hetero) is 1. The third kappa shape index (κ3) is 2.74. The predicted octanol–water partition coefficient (Wildman–Crippen LogP) is 4.81. The van der Waals surface area contributed by atoms with Gasteiger partial charge >= 0.3 is 6.18 Å². The summed E-state index contributed by atoms with van der Waals surface area (Å²) in [5.41, 5.74) is 0.921. The third-order valence-corrected chi connectivity index (χ3v) is 4.17. The summed E-state index contributed by atoms with van der Waals surface area (Å²) < 4.78 is 39.1. The van der Waals surface area contributed by atoms with Gasteiger partial charge in [-0.15, -0.1) is 0 Å². The molecule has 4 heteroatoms. The Kier molecular flexibility index (Phi) is 4.21. The van der Waals surface area contributed by atoms with E-state index in [1.54, 1.807) is 0 Å². The van der Waals surface area contributed by atoms with Gasteiger partial charge < -0.3 is 0 Å². The van der Waals surface area contributed by atoms with Crippen molar-refractivity contribution in [3.63, 3.8) is 0 Å². The zero-order chi connectivity index (χ0) is 14.9. The summed E-state index contributed by atoms with van der Waals surface area (Å²) in [5, 5.41) is 0. The summed E-state index contributed by atoms with van der Waals surface area (Å²) >= 11 is 0. The second kappa shape index (κ2) is 5.58. The minimum Gasteiger partial charge on any atom is -0.294 e. The number of alkyl halides is 3. The Morgan fingerprint density at radius 3 is 2.35 bits per heavy atom. The topological polar surface area (TPSA) is 17.1 Å². The van der Waals surface area contributed by atoms with Crippen LogP contribution in [0.4, 0.5) is 13.2 Å². The van der Waals surface area contributed by atoms with Crippen molar-refractivity contribution >= 4 is 5.78 Å². The van der Waals surface area contributed by atoms with Crippen molar-refractivity contribution in [1.82, 2.24) is 0 Å². The molecule has 0 saturated heterocycles. The van der Waals surface area contributed by atoms with Crippen LogP contribution in [0.5, 0.6) is 0 Å². The third-order valence-electron chi connectivity index (χ3n) is 4.17. The van der Waals surface area contributed by atoms with Crippen molar-refractivity contribution in [3.05, 3.63) is 34.4 Å². The lowest BCUT2D eigenvalue weighted by Crippen LogP contribution is -2.20. The second-order valence-corrected chi connectivity index (χ2v) is 5.50. The molecule has 0 radical (unpaired) electrons. The SMILES string of the molecule is CCC(C)C(=O)c1ccc(C(F)(F)F)c2c1CCCC2. The van der Waals surface area contributed by atoms with E-state index in [1.807, 2.05) is 13.8 Å². The number of halogens is 3. The van der Waals surface area contributed by atoms with Crippen LogP contribution in [-0.2, 0) is 19.0 Å². The van der Waals surface area contributed by atoms with Crippen molar-refractivity contribution in [3.8, 4) is 0 Å². The molecule has 0 saturated carbocycles. The summed E-state index contributed by atoms with van der Waals surface area (Å²) in [7, 11) is 0. The number of ketones is 1. The van der Waals surface area contributed by atoms with Crippen molar-refractivity contribution in [1.29, 1.82) is 0 Å². The standard InChI is InChI=1S/C16H19F3O/c1-3-10(2)15(20)13-8-9-14(16(17,18)19)12-7-5-4-6-11(12)13/h8-10H,3-7H2,1-2H3. The van der Waals surface area contributed by atoms with Gasteiger partial charge in [-0.1, -0.05) is 19.9 Å². The van der Waals surface area contributed by atoms with Gasteiger partial charge in [0.2, 0.25) is 0 Å². The highest BCUT2D eigenvalue weighted by atomic mass is 19.4. The molecule has 1 aromatic carbocycles. The van der Waals surface area contributed by atoms with Gasteiger partial charge in [-0.3, -0.25) is 4.79 Å². The van der Waals surface area contributed by atoms with Crippen LogP contribution < -0.4 is 0 Å². The lowest BCUT2D eigenvalue weighted by Gasteiger charge is -2.24. The average molecular weight is 284 g/mol. The van der Waals surface area contributed by atoms with E-state index in [0.29, 0.717) is 36.0 Å².